The number of aromatic nitrogens is 2. The molecule has 2 N–H and O–H groups in total. The molecule has 1 aromatic carbocycles. The molecule has 1 fully saturated rings. The second kappa shape index (κ2) is 7.92. The number of halogens is 1. The van der Waals surface area contributed by atoms with Crippen LogP contribution in [0.4, 0.5) is 9.18 Å². The van der Waals surface area contributed by atoms with Gasteiger partial charge in [-0.25, -0.2) is 14.2 Å². The predicted molar refractivity (Wildman–Crippen MR) is 86.9 cm³/mol. The molecule has 1 saturated heterocycles. The minimum atomic E-state index is -0.266. The number of urea groups is 1. The van der Waals surface area contributed by atoms with Crippen molar-refractivity contribution in [2.24, 2.45) is 5.92 Å². The molecule has 0 saturated carbocycles. The van der Waals surface area contributed by atoms with Crippen molar-refractivity contribution in [1.82, 2.24) is 20.2 Å². The van der Waals surface area contributed by atoms with Crippen molar-refractivity contribution in [2.75, 3.05) is 19.8 Å². The van der Waals surface area contributed by atoms with Crippen molar-refractivity contribution < 1.29 is 13.9 Å². The summed E-state index contributed by atoms with van der Waals surface area (Å²) >= 11 is 0. The van der Waals surface area contributed by atoms with Gasteiger partial charge in [0.2, 0.25) is 0 Å². The smallest absolute Gasteiger partial charge is 0.315 e. The molecule has 2 amide bonds. The number of ether oxygens (including phenoxy) is 1. The Hall–Kier alpha value is -2.41. The van der Waals surface area contributed by atoms with Gasteiger partial charge >= 0.3 is 6.03 Å². The lowest BCUT2D eigenvalue weighted by Gasteiger charge is -2.12. The molecule has 0 unspecified atom stereocenters. The molecule has 0 radical (unpaired) electrons. The minimum Gasteiger partial charge on any atom is -0.381 e. The molecule has 1 aliphatic rings. The molecular formula is C17H21FN4O2. The summed E-state index contributed by atoms with van der Waals surface area (Å²) in [7, 11) is 0. The highest BCUT2D eigenvalue weighted by Gasteiger charge is 2.16. The fraction of sp³-hybridized carbons (Fsp3) is 0.412. The van der Waals surface area contributed by atoms with Crippen molar-refractivity contribution in [3.63, 3.8) is 0 Å². The first-order valence-corrected chi connectivity index (χ1v) is 8.03. The van der Waals surface area contributed by atoms with Gasteiger partial charge in [-0.15, -0.1) is 0 Å². The van der Waals surface area contributed by atoms with E-state index in [1.54, 1.807) is 35.4 Å². The van der Waals surface area contributed by atoms with Crippen molar-refractivity contribution in [3.05, 3.63) is 53.9 Å². The molecule has 3 rings (SSSR count). The average molecular weight is 332 g/mol. The monoisotopic (exact) mass is 332 g/mol. The quantitative estimate of drug-likeness (QED) is 0.849. The zero-order valence-corrected chi connectivity index (χ0v) is 13.4. The van der Waals surface area contributed by atoms with Crippen molar-refractivity contribution in [1.29, 1.82) is 0 Å². The average Bonchev–Trinajstić information content (AvgIpc) is 3.27. The number of imidazole rings is 1. The van der Waals surface area contributed by atoms with Crippen LogP contribution in [0, 0.1) is 11.7 Å². The Bertz CT molecular complexity index is 669. The summed E-state index contributed by atoms with van der Waals surface area (Å²) in [5.74, 6) is 0.126. The second-order valence-electron chi connectivity index (χ2n) is 5.95. The van der Waals surface area contributed by atoms with E-state index in [4.69, 9.17) is 4.74 Å². The van der Waals surface area contributed by atoms with Crippen molar-refractivity contribution in [2.45, 2.75) is 19.5 Å². The van der Waals surface area contributed by atoms with Crippen LogP contribution in [-0.2, 0) is 17.8 Å². The van der Waals surface area contributed by atoms with Gasteiger partial charge in [0.25, 0.3) is 0 Å². The molecule has 128 valence electrons. The standard InChI is InChI=1S/C17H21FN4O2/c18-16-2-1-13(7-15(16)10-22-5-4-19-12-22)8-20-17(23)21-9-14-3-6-24-11-14/h1-2,4-5,7,12,14H,3,6,8-11H2,(H2,20,21,23)/t14-/m1/s1. The van der Waals surface area contributed by atoms with Crippen LogP contribution >= 0.6 is 0 Å². The number of benzene rings is 1. The highest BCUT2D eigenvalue weighted by atomic mass is 19.1. The summed E-state index contributed by atoms with van der Waals surface area (Å²) in [6.07, 6.45) is 6.06. The molecular weight excluding hydrogens is 311 g/mol. The number of carbonyl (C=O) groups is 1. The molecule has 1 atom stereocenters. The van der Waals surface area contributed by atoms with Gasteiger partial charge in [-0.1, -0.05) is 6.07 Å². The Kier molecular flexibility index (Phi) is 5.43. The van der Waals surface area contributed by atoms with Gasteiger partial charge in [-0.05, 0) is 24.1 Å². The molecule has 2 heterocycles. The van der Waals surface area contributed by atoms with Gasteiger partial charge in [0.1, 0.15) is 5.82 Å². The van der Waals surface area contributed by atoms with Gasteiger partial charge in [0, 0.05) is 43.6 Å². The van der Waals surface area contributed by atoms with Gasteiger partial charge in [0.15, 0.2) is 0 Å². The Labute approximate surface area is 140 Å². The SMILES string of the molecule is O=C(NCc1ccc(F)c(Cn2ccnc2)c1)NC[C@H]1CCOC1. The number of amides is 2. The molecule has 0 aliphatic carbocycles. The summed E-state index contributed by atoms with van der Waals surface area (Å²) in [5.41, 5.74) is 1.42. The largest absolute Gasteiger partial charge is 0.381 e. The molecule has 2 aromatic rings. The van der Waals surface area contributed by atoms with Crippen LogP contribution < -0.4 is 10.6 Å². The van der Waals surface area contributed by atoms with Gasteiger partial charge in [-0.3, -0.25) is 0 Å². The first kappa shape index (κ1) is 16.4. The Morgan fingerprint density at radius 2 is 2.33 bits per heavy atom. The number of rotatable bonds is 6. The maximum absolute atomic E-state index is 13.9. The lowest BCUT2D eigenvalue weighted by Crippen LogP contribution is -2.38. The normalized spacial score (nSPS) is 17.0. The van der Waals surface area contributed by atoms with Crippen LogP contribution in [0.2, 0.25) is 0 Å². The molecule has 1 aromatic heterocycles. The highest BCUT2D eigenvalue weighted by Crippen LogP contribution is 2.13. The van der Waals surface area contributed by atoms with E-state index < -0.39 is 0 Å². The summed E-state index contributed by atoms with van der Waals surface area (Å²) in [6.45, 7) is 2.85. The third kappa shape index (κ3) is 4.55. The Morgan fingerprint density at radius 3 is 3.08 bits per heavy atom. The first-order valence-electron chi connectivity index (χ1n) is 8.03. The topological polar surface area (TPSA) is 68.2 Å². The molecule has 0 bridgehead atoms. The fourth-order valence-corrected chi connectivity index (χ4v) is 2.66. The van der Waals surface area contributed by atoms with Crippen LogP contribution in [-0.4, -0.2) is 35.3 Å². The summed E-state index contributed by atoms with van der Waals surface area (Å²) in [6, 6.07) is 4.65. The summed E-state index contributed by atoms with van der Waals surface area (Å²) in [4.78, 5) is 15.8. The van der Waals surface area contributed by atoms with Crippen LogP contribution in [0.5, 0.6) is 0 Å². The van der Waals surface area contributed by atoms with E-state index in [2.05, 4.69) is 15.6 Å². The molecule has 24 heavy (non-hydrogen) atoms. The Morgan fingerprint density at radius 1 is 1.42 bits per heavy atom. The Balaban J connectivity index is 1.50. The number of carbonyl (C=O) groups excluding carboxylic acids is 1. The maximum Gasteiger partial charge on any atom is 0.315 e. The number of nitrogens with one attached hydrogen (secondary N) is 2. The van der Waals surface area contributed by atoms with Crippen LogP contribution in [0.15, 0.2) is 36.9 Å². The lowest BCUT2D eigenvalue weighted by molar-refractivity contribution is 0.185. The predicted octanol–water partition coefficient (Wildman–Crippen LogP) is 1.91. The van der Waals surface area contributed by atoms with E-state index >= 15 is 0 Å². The van der Waals surface area contributed by atoms with Crippen LogP contribution in [0.1, 0.15) is 17.5 Å². The number of nitrogens with zero attached hydrogens (tertiary/aromatic N) is 2. The van der Waals surface area contributed by atoms with E-state index in [-0.39, 0.29) is 11.8 Å². The van der Waals surface area contributed by atoms with Gasteiger partial charge in [0.05, 0.1) is 19.5 Å². The van der Waals surface area contributed by atoms with Crippen molar-refractivity contribution in [3.8, 4) is 0 Å². The van der Waals surface area contributed by atoms with E-state index in [0.717, 1.165) is 18.6 Å². The number of hydrogen-bond donors (Lipinski definition) is 2. The van der Waals surface area contributed by atoms with Gasteiger partial charge < -0.3 is 19.9 Å². The van der Waals surface area contributed by atoms with E-state index in [1.165, 1.54) is 6.07 Å². The lowest BCUT2D eigenvalue weighted by atomic mass is 10.1. The molecule has 6 nitrogen and oxygen atoms in total. The first-order chi connectivity index (χ1) is 11.7. The molecule has 1 aliphatic heterocycles. The van der Waals surface area contributed by atoms with E-state index in [9.17, 15) is 9.18 Å². The zero-order chi connectivity index (χ0) is 16.8. The third-order valence-corrected chi connectivity index (χ3v) is 4.05. The van der Waals surface area contributed by atoms with Crippen molar-refractivity contribution >= 4 is 6.03 Å². The minimum absolute atomic E-state index is 0.220. The zero-order valence-electron chi connectivity index (χ0n) is 13.4. The van der Waals surface area contributed by atoms with Crippen LogP contribution in [0.25, 0.3) is 0 Å². The summed E-state index contributed by atoms with van der Waals surface area (Å²) < 4.78 is 21.0. The maximum atomic E-state index is 13.9. The van der Waals surface area contributed by atoms with Gasteiger partial charge in [-0.2, -0.15) is 0 Å². The second-order valence-corrected chi connectivity index (χ2v) is 5.95. The van der Waals surface area contributed by atoms with Crippen LogP contribution in [0.3, 0.4) is 0 Å². The van der Waals surface area contributed by atoms with E-state index in [1.807, 2.05) is 0 Å². The summed E-state index contributed by atoms with van der Waals surface area (Å²) in [5, 5.41) is 5.64. The van der Waals surface area contributed by atoms with E-state index in [0.29, 0.717) is 37.7 Å². The highest BCUT2D eigenvalue weighted by molar-refractivity contribution is 5.73. The third-order valence-electron chi connectivity index (χ3n) is 4.05. The molecule has 7 heteroatoms. The fourth-order valence-electron chi connectivity index (χ4n) is 2.66. The molecule has 0 spiro atoms. The number of hydrogen-bond acceptors (Lipinski definition) is 3.